The van der Waals surface area contributed by atoms with Crippen LogP contribution in [0.2, 0.25) is 5.02 Å². The summed E-state index contributed by atoms with van der Waals surface area (Å²) in [4.78, 5) is 32.1. The molecule has 0 radical (unpaired) electrons. The van der Waals surface area contributed by atoms with E-state index in [1.165, 1.54) is 6.42 Å². The number of benzene rings is 2. The van der Waals surface area contributed by atoms with Crippen LogP contribution < -0.4 is 15.9 Å². The quantitative estimate of drug-likeness (QED) is 0.656. The Morgan fingerprint density at radius 2 is 1.73 bits per heavy atom. The van der Waals surface area contributed by atoms with Gasteiger partial charge in [0.1, 0.15) is 0 Å². The molecule has 1 aliphatic heterocycles. The van der Waals surface area contributed by atoms with Crippen molar-refractivity contribution in [3.05, 3.63) is 57.5 Å². The Kier molecular flexibility index (Phi) is 4.42. The van der Waals surface area contributed by atoms with Crippen LogP contribution in [0.25, 0.3) is 11.0 Å². The first-order chi connectivity index (χ1) is 12.6. The van der Waals surface area contributed by atoms with E-state index in [4.69, 9.17) is 11.6 Å². The van der Waals surface area contributed by atoms with Gasteiger partial charge in [-0.25, -0.2) is 4.79 Å². The van der Waals surface area contributed by atoms with Crippen molar-refractivity contribution in [2.75, 3.05) is 23.3 Å². The van der Waals surface area contributed by atoms with Crippen molar-refractivity contribution in [1.29, 1.82) is 0 Å². The number of nitrogens with zero attached hydrogens (tertiary/aromatic N) is 1. The molecule has 0 bridgehead atoms. The molecular weight excluding hydrogens is 352 g/mol. The van der Waals surface area contributed by atoms with Crippen LogP contribution in [0.4, 0.5) is 11.4 Å². The van der Waals surface area contributed by atoms with Crippen LogP contribution >= 0.6 is 11.6 Å². The molecule has 134 valence electrons. The Hall–Kier alpha value is -2.73. The Bertz CT molecular complexity index is 1020. The maximum Gasteiger partial charge on any atom is 0.323 e. The Balaban J connectivity index is 1.75. The average Bonchev–Trinajstić information content (AvgIpc) is 3.01. The highest BCUT2D eigenvalue weighted by Gasteiger charge is 2.19. The number of fused-ring (bicyclic) bond motifs is 1. The number of aromatic amines is 2. The molecule has 7 heteroatoms. The van der Waals surface area contributed by atoms with Crippen LogP contribution in [-0.4, -0.2) is 29.0 Å². The second-order valence-electron chi connectivity index (χ2n) is 6.48. The van der Waals surface area contributed by atoms with Crippen molar-refractivity contribution in [2.45, 2.75) is 19.3 Å². The van der Waals surface area contributed by atoms with E-state index < -0.39 is 0 Å². The van der Waals surface area contributed by atoms with Gasteiger partial charge in [0.25, 0.3) is 5.91 Å². The zero-order chi connectivity index (χ0) is 18.1. The third-order valence-electron chi connectivity index (χ3n) is 4.70. The van der Waals surface area contributed by atoms with Crippen molar-refractivity contribution < 1.29 is 4.79 Å². The lowest BCUT2D eigenvalue weighted by Crippen LogP contribution is -2.30. The van der Waals surface area contributed by atoms with Gasteiger partial charge in [0.15, 0.2) is 0 Å². The lowest BCUT2D eigenvalue weighted by atomic mass is 10.1. The molecule has 3 aromatic rings. The summed E-state index contributed by atoms with van der Waals surface area (Å²) < 4.78 is 0. The van der Waals surface area contributed by atoms with E-state index in [2.05, 4.69) is 20.2 Å². The fourth-order valence-electron chi connectivity index (χ4n) is 3.40. The first-order valence-corrected chi connectivity index (χ1v) is 9.06. The van der Waals surface area contributed by atoms with Crippen LogP contribution in [0.15, 0.2) is 41.2 Å². The van der Waals surface area contributed by atoms with E-state index >= 15 is 0 Å². The number of carbonyl (C=O) groups excluding carboxylic acids is 1. The Morgan fingerprint density at radius 3 is 2.46 bits per heavy atom. The highest BCUT2D eigenvalue weighted by Crippen LogP contribution is 2.32. The van der Waals surface area contributed by atoms with Gasteiger partial charge in [-0.05, 0) is 43.5 Å². The number of hydrogen-bond donors (Lipinski definition) is 3. The molecule has 1 aliphatic rings. The van der Waals surface area contributed by atoms with Crippen molar-refractivity contribution in [3.8, 4) is 0 Å². The maximum absolute atomic E-state index is 12.7. The van der Waals surface area contributed by atoms with Gasteiger partial charge in [-0.15, -0.1) is 0 Å². The van der Waals surface area contributed by atoms with Gasteiger partial charge in [0.05, 0.1) is 33.0 Å². The number of rotatable bonds is 3. The van der Waals surface area contributed by atoms with Gasteiger partial charge in [0, 0.05) is 13.1 Å². The predicted molar refractivity (Wildman–Crippen MR) is 104 cm³/mol. The molecule has 2 heterocycles. The third kappa shape index (κ3) is 3.20. The molecule has 0 spiro atoms. The summed E-state index contributed by atoms with van der Waals surface area (Å²) in [7, 11) is 0. The molecule has 1 amide bonds. The second kappa shape index (κ2) is 6.88. The monoisotopic (exact) mass is 370 g/mol. The van der Waals surface area contributed by atoms with Gasteiger partial charge >= 0.3 is 5.69 Å². The SMILES string of the molecule is O=C(Nc1cc2[nH]c(=O)[nH]c2cc1N1CCCCC1)c1ccccc1Cl. The molecule has 1 saturated heterocycles. The van der Waals surface area contributed by atoms with E-state index in [0.717, 1.165) is 37.1 Å². The summed E-state index contributed by atoms with van der Waals surface area (Å²) in [6, 6.07) is 10.7. The van der Waals surface area contributed by atoms with Gasteiger partial charge in [-0.1, -0.05) is 23.7 Å². The van der Waals surface area contributed by atoms with Gasteiger partial charge in [0.2, 0.25) is 0 Å². The topological polar surface area (TPSA) is 81.0 Å². The zero-order valence-electron chi connectivity index (χ0n) is 14.1. The zero-order valence-corrected chi connectivity index (χ0v) is 14.9. The van der Waals surface area contributed by atoms with Gasteiger partial charge in [-0.2, -0.15) is 0 Å². The second-order valence-corrected chi connectivity index (χ2v) is 6.88. The minimum atomic E-state index is -0.272. The van der Waals surface area contributed by atoms with Crippen LogP contribution in [-0.2, 0) is 0 Å². The summed E-state index contributed by atoms with van der Waals surface area (Å²) in [6.07, 6.45) is 3.43. The van der Waals surface area contributed by atoms with E-state index in [0.29, 0.717) is 21.8 Å². The molecule has 0 unspecified atom stereocenters. The largest absolute Gasteiger partial charge is 0.370 e. The summed E-state index contributed by atoms with van der Waals surface area (Å²) >= 11 is 6.15. The minimum Gasteiger partial charge on any atom is -0.370 e. The van der Waals surface area contributed by atoms with Crippen LogP contribution in [0.5, 0.6) is 0 Å². The van der Waals surface area contributed by atoms with Crippen molar-refractivity contribution in [2.24, 2.45) is 0 Å². The smallest absolute Gasteiger partial charge is 0.323 e. The molecule has 0 saturated carbocycles. The van der Waals surface area contributed by atoms with Crippen molar-refractivity contribution >= 4 is 39.9 Å². The number of nitrogens with one attached hydrogen (secondary N) is 3. The molecule has 6 nitrogen and oxygen atoms in total. The number of imidazole rings is 1. The van der Waals surface area contributed by atoms with Crippen LogP contribution in [0, 0.1) is 0 Å². The van der Waals surface area contributed by atoms with Crippen molar-refractivity contribution in [3.63, 3.8) is 0 Å². The normalized spacial score (nSPS) is 14.6. The minimum absolute atomic E-state index is 0.265. The highest BCUT2D eigenvalue weighted by atomic mass is 35.5. The molecule has 0 aliphatic carbocycles. The predicted octanol–water partition coefficient (Wildman–Crippen LogP) is 3.75. The molecule has 1 aromatic heterocycles. The number of amides is 1. The van der Waals surface area contributed by atoms with E-state index in [1.54, 1.807) is 30.3 Å². The Morgan fingerprint density at radius 1 is 1.04 bits per heavy atom. The number of H-pyrrole nitrogens is 2. The van der Waals surface area contributed by atoms with E-state index in [-0.39, 0.29) is 11.6 Å². The summed E-state index contributed by atoms with van der Waals surface area (Å²) in [5.41, 5.74) is 3.12. The first-order valence-electron chi connectivity index (χ1n) is 8.69. The summed E-state index contributed by atoms with van der Waals surface area (Å²) in [5.74, 6) is -0.272. The number of carbonyl (C=O) groups is 1. The first kappa shape index (κ1) is 16.7. The third-order valence-corrected chi connectivity index (χ3v) is 5.03. The van der Waals surface area contributed by atoms with Crippen molar-refractivity contribution in [1.82, 2.24) is 9.97 Å². The van der Waals surface area contributed by atoms with Crippen LogP contribution in [0.3, 0.4) is 0 Å². The maximum atomic E-state index is 12.7. The van der Waals surface area contributed by atoms with E-state index in [1.807, 2.05) is 6.07 Å². The average molecular weight is 371 g/mol. The van der Waals surface area contributed by atoms with Crippen LogP contribution in [0.1, 0.15) is 29.6 Å². The Labute approximate surface area is 155 Å². The molecule has 0 atom stereocenters. The van der Waals surface area contributed by atoms with Gasteiger partial charge in [-0.3, -0.25) is 4.79 Å². The molecule has 3 N–H and O–H groups in total. The van der Waals surface area contributed by atoms with Gasteiger partial charge < -0.3 is 20.2 Å². The number of anilines is 2. The fraction of sp³-hybridized carbons (Fsp3) is 0.263. The highest BCUT2D eigenvalue weighted by molar-refractivity contribution is 6.34. The van der Waals surface area contributed by atoms with E-state index in [9.17, 15) is 9.59 Å². The summed E-state index contributed by atoms with van der Waals surface area (Å²) in [6.45, 7) is 1.85. The fourth-order valence-corrected chi connectivity index (χ4v) is 3.62. The molecule has 2 aromatic carbocycles. The number of piperidine rings is 1. The molecular formula is C19H19ClN4O2. The molecule has 1 fully saturated rings. The molecule has 26 heavy (non-hydrogen) atoms. The number of aromatic nitrogens is 2. The molecule has 4 rings (SSSR count). The lowest BCUT2D eigenvalue weighted by Gasteiger charge is -2.30. The number of hydrogen-bond acceptors (Lipinski definition) is 3. The number of halogens is 1. The standard InChI is InChI=1S/C19H19ClN4O2/c20-13-7-3-2-6-12(13)18(25)21-16-10-14-15(23-19(26)22-14)11-17(16)24-8-4-1-5-9-24/h2-3,6-7,10-11H,1,4-5,8-9H2,(H,21,25)(H2,22,23,26). The lowest BCUT2D eigenvalue weighted by molar-refractivity contribution is 0.102. The summed E-state index contributed by atoms with van der Waals surface area (Å²) in [5, 5.41) is 3.37.